The fourth-order valence-electron chi connectivity index (χ4n) is 9.70. The predicted octanol–water partition coefficient (Wildman–Crippen LogP) is 7.07. The molecule has 0 saturated carbocycles. The third kappa shape index (κ3) is 16.7. The smallest absolute Gasteiger partial charge is 0.331 e. The fraction of sp³-hybridized carbons (Fsp3) is 0.413. The number of aromatic hydroxyl groups is 1. The molecule has 4 heterocycles. The molecular formula is C63H72N4O18. The van der Waals surface area contributed by atoms with Gasteiger partial charge in [0.15, 0.2) is 46.5 Å². The van der Waals surface area contributed by atoms with E-state index in [0.29, 0.717) is 12.8 Å². The zero-order valence-electron chi connectivity index (χ0n) is 48.9. The second-order valence-electron chi connectivity index (χ2n) is 21.0. The number of hydrogen-bond donors (Lipinski definition) is 3. The molecule has 2 aromatic heterocycles. The summed E-state index contributed by atoms with van der Waals surface area (Å²) in [5.41, 5.74) is 1.55. The fourth-order valence-corrected chi connectivity index (χ4v) is 9.70. The lowest BCUT2D eigenvalue weighted by Crippen LogP contribution is -2.47. The van der Waals surface area contributed by atoms with Crippen LogP contribution in [-0.4, -0.2) is 141 Å². The van der Waals surface area contributed by atoms with E-state index in [-0.39, 0.29) is 72.8 Å². The lowest BCUT2D eigenvalue weighted by molar-refractivity contribution is -0.173. The first-order valence-corrected chi connectivity index (χ1v) is 27.8. The number of methoxy groups -OCH3 is 2. The highest BCUT2D eigenvalue weighted by Crippen LogP contribution is 2.33. The van der Waals surface area contributed by atoms with Crippen molar-refractivity contribution < 1.29 is 86.0 Å². The molecule has 452 valence electrons. The van der Waals surface area contributed by atoms with Gasteiger partial charge in [-0.3, -0.25) is 24.0 Å². The molecule has 0 unspecified atom stereocenters. The quantitative estimate of drug-likeness (QED) is 0.0468. The van der Waals surface area contributed by atoms with E-state index in [1.165, 1.54) is 45.7 Å². The highest BCUT2D eigenvalue weighted by Gasteiger charge is 2.40. The second kappa shape index (κ2) is 30.1. The van der Waals surface area contributed by atoms with Crippen LogP contribution in [0.1, 0.15) is 80.6 Å². The highest BCUT2D eigenvalue weighted by atomic mass is 16.7. The van der Waals surface area contributed by atoms with Crippen molar-refractivity contribution in [1.29, 1.82) is 0 Å². The maximum absolute atomic E-state index is 13.4. The average Bonchev–Trinajstić information content (AvgIpc) is 3.88. The third-order valence-corrected chi connectivity index (χ3v) is 14.1. The molecule has 8 rings (SSSR count). The van der Waals surface area contributed by atoms with Crippen molar-refractivity contribution in [1.82, 2.24) is 20.6 Å². The molecule has 0 bridgehead atoms. The first-order valence-electron chi connectivity index (χ1n) is 27.8. The molecule has 85 heavy (non-hydrogen) atoms. The van der Waals surface area contributed by atoms with E-state index in [1.54, 1.807) is 41.5 Å². The number of fused-ring (bicyclic) bond motifs is 2. The van der Waals surface area contributed by atoms with Gasteiger partial charge < -0.3 is 63.1 Å². The van der Waals surface area contributed by atoms with Crippen LogP contribution in [0, 0.1) is 23.7 Å². The summed E-state index contributed by atoms with van der Waals surface area (Å²) in [4.78, 5) is 97.4. The molecule has 3 N–H and O–H groups in total. The number of pyridine rings is 2. The van der Waals surface area contributed by atoms with Crippen LogP contribution in [0.5, 0.6) is 23.0 Å². The van der Waals surface area contributed by atoms with E-state index in [4.69, 9.17) is 47.4 Å². The summed E-state index contributed by atoms with van der Waals surface area (Å²) in [6.07, 6.45) is 0.302. The summed E-state index contributed by atoms with van der Waals surface area (Å²) in [5, 5.41) is 19.7. The summed E-state index contributed by atoms with van der Waals surface area (Å²) in [6, 6.07) is 28.5. The minimum Gasteiger partial charge on any atom is -0.503 e. The van der Waals surface area contributed by atoms with Gasteiger partial charge in [-0.25, -0.2) is 19.6 Å². The molecule has 2 amide bonds. The number of aromatic nitrogens is 2. The average molecular weight is 1170 g/mol. The van der Waals surface area contributed by atoms with Gasteiger partial charge in [-0.05, 0) is 59.4 Å². The number of hydrogen-bond acceptors (Lipinski definition) is 20. The molecule has 0 spiro atoms. The van der Waals surface area contributed by atoms with E-state index in [9.17, 15) is 38.7 Å². The Labute approximate surface area is 492 Å². The van der Waals surface area contributed by atoms with Gasteiger partial charge in [0.25, 0.3) is 11.8 Å². The lowest BCUT2D eigenvalue weighted by atomic mass is 9.89. The van der Waals surface area contributed by atoms with Crippen LogP contribution in [-0.2, 0) is 70.0 Å². The number of esters is 5. The van der Waals surface area contributed by atoms with Gasteiger partial charge in [-0.15, -0.1) is 0 Å². The van der Waals surface area contributed by atoms with Crippen molar-refractivity contribution in [2.24, 2.45) is 23.7 Å². The predicted molar refractivity (Wildman–Crippen MR) is 307 cm³/mol. The van der Waals surface area contributed by atoms with E-state index in [2.05, 4.69) is 20.6 Å². The molecule has 0 radical (unpaired) electrons. The molecule has 2 aliphatic rings. The number of nitrogens with zero attached hydrogens (tertiary/aromatic N) is 2. The van der Waals surface area contributed by atoms with Gasteiger partial charge in [-0.2, -0.15) is 0 Å². The number of cyclic esters (lactones) is 2. The molecule has 22 heteroatoms. The Morgan fingerprint density at radius 1 is 0.600 bits per heavy atom. The number of carbonyl (C=O) groups is 7. The summed E-state index contributed by atoms with van der Waals surface area (Å²) < 4.78 is 55.9. The van der Waals surface area contributed by atoms with Crippen molar-refractivity contribution in [3.63, 3.8) is 0 Å². The molecular weight excluding hydrogens is 1100 g/mol. The normalized spacial score (nSPS) is 20.9. The van der Waals surface area contributed by atoms with Crippen LogP contribution < -0.4 is 24.8 Å². The highest BCUT2D eigenvalue weighted by molar-refractivity contribution is 5.99. The molecule has 2 saturated heterocycles. The molecule has 2 fully saturated rings. The topological polar surface area (TPSA) is 282 Å². The summed E-state index contributed by atoms with van der Waals surface area (Å²) >= 11 is 0. The summed E-state index contributed by atoms with van der Waals surface area (Å²) in [6.45, 7) is 10.8. The standard InChI is InChI=1S/C33H38N2O10.C30H34N2O8/c1-19(2)32(38)45-29-20(3)44-33(39)26(17-41-16-24(29)15-23-11-8-10-22-9-6-7-12-25(22)23)35-31(37)28-30(43-18-42-21(4)36)27(40-5)13-14-34-28;1-17(2)29(35)40-27-18(3)39-30(36)23(32-28(34)25-26(33)24(37-4)12-13-31-25)16-38-15-21(27)14-20-10-7-9-19-8-5-6-11-22(19)20/h6-14,19-20,24,26,29H,15-18H2,1-5H3,(H,35,37);5-13,17-18,21,23,27,33H,14-16H2,1-4H3,(H,32,34)/t20-,24-,26-,29-;18-,21-,23-,27-/m00/s1. The zero-order valence-corrected chi connectivity index (χ0v) is 48.9. The molecule has 22 nitrogen and oxygen atoms in total. The van der Waals surface area contributed by atoms with Gasteiger partial charge >= 0.3 is 29.8 Å². The molecule has 6 aromatic rings. The molecule has 4 aromatic carbocycles. The van der Waals surface area contributed by atoms with Crippen molar-refractivity contribution in [2.75, 3.05) is 47.4 Å². The Morgan fingerprint density at radius 3 is 1.49 bits per heavy atom. The van der Waals surface area contributed by atoms with Gasteiger partial charge in [0.1, 0.15) is 24.4 Å². The van der Waals surface area contributed by atoms with E-state index in [1.807, 2.05) is 84.9 Å². The van der Waals surface area contributed by atoms with Crippen LogP contribution in [0.25, 0.3) is 21.5 Å². The molecule has 8 atom stereocenters. The Balaban J connectivity index is 0.000000245. The second-order valence-corrected chi connectivity index (χ2v) is 21.0. The number of rotatable bonds is 17. The first-order chi connectivity index (χ1) is 40.8. The van der Waals surface area contributed by atoms with Gasteiger partial charge in [-0.1, -0.05) is 113 Å². The van der Waals surface area contributed by atoms with Gasteiger partial charge in [0.2, 0.25) is 6.79 Å². The van der Waals surface area contributed by atoms with Crippen molar-refractivity contribution >= 4 is 63.2 Å². The number of ether oxygens (including phenoxy) is 10. The van der Waals surface area contributed by atoms with Crippen LogP contribution in [0.2, 0.25) is 0 Å². The van der Waals surface area contributed by atoms with Crippen molar-refractivity contribution in [3.05, 3.63) is 132 Å². The number of nitrogens with one attached hydrogen (secondary N) is 2. The van der Waals surface area contributed by atoms with Crippen molar-refractivity contribution in [3.8, 4) is 23.0 Å². The maximum atomic E-state index is 13.4. The van der Waals surface area contributed by atoms with E-state index >= 15 is 0 Å². The maximum Gasteiger partial charge on any atom is 0.331 e. The molecule has 0 aliphatic carbocycles. The Hall–Kier alpha value is -8.89. The van der Waals surface area contributed by atoms with Gasteiger partial charge in [0.05, 0.1) is 52.5 Å². The first kappa shape index (κ1) is 63.7. The van der Waals surface area contributed by atoms with Crippen LogP contribution >= 0.6 is 0 Å². The van der Waals surface area contributed by atoms with E-state index in [0.717, 1.165) is 32.7 Å². The number of amides is 2. The minimum absolute atomic E-state index is 0.0631. The van der Waals surface area contributed by atoms with E-state index < -0.39 is 96.6 Å². The SMILES string of the molecule is COc1ccnc(C(=O)N[C@H]2COC[C@H](Cc3cccc4ccccc34)[C@@H](OC(=O)C(C)C)[C@H](C)OC2=O)c1O.COc1ccnc(C(=O)N[C@H]2COC[C@H](Cc3cccc4ccccc34)[C@@H](OC(=O)C(C)C)[C@H](C)OC2=O)c1OCOC(C)=O. The Morgan fingerprint density at radius 2 is 1.04 bits per heavy atom. The minimum atomic E-state index is -1.23. The van der Waals surface area contributed by atoms with Crippen LogP contribution in [0.15, 0.2) is 109 Å². The van der Waals surface area contributed by atoms with Crippen molar-refractivity contribution in [2.45, 2.75) is 97.8 Å². The van der Waals surface area contributed by atoms with Crippen LogP contribution in [0.3, 0.4) is 0 Å². The monoisotopic (exact) mass is 1170 g/mol. The Bertz CT molecular complexity index is 3320. The summed E-state index contributed by atoms with van der Waals surface area (Å²) in [5.74, 6) is -6.39. The molecule has 2 aliphatic heterocycles. The lowest BCUT2D eigenvalue weighted by Gasteiger charge is -2.31. The van der Waals surface area contributed by atoms with Crippen LogP contribution in [0.4, 0.5) is 0 Å². The third-order valence-electron chi connectivity index (χ3n) is 14.1. The zero-order chi connectivity index (χ0) is 61.3. The largest absolute Gasteiger partial charge is 0.503 e. The Kier molecular flexibility index (Phi) is 22.5. The van der Waals surface area contributed by atoms with Gasteiger partial charge in [0, 0.05) is 43.3 Å². The number of benzene rings is 4. The summed E-state index contributed by atoms with van der Waals surface area (Å²) in [7, 11) is 2.72. The number of carbonyl (C=O) groups excluding carboxylic acids is 7.